The fourth-order valence-electron chi connectivity index (χ4n) is 1.58. The Morgan fingerprint density at radius 2 is 2.00 bits per heavy atom. The van der Waals surface area contributed by atoms with Crippen LogP contribution in [0.5, 0.6) is 0 Å². The molecule has 1 aromatic carbocycles. The van der Waals surface area contributed by atoms with Gasteiger partial charge in [0, 0.05) is 18.7 Å². The lowest BCUT2D eigenvalue weighted by atomic mass is 10.2. The summed E-state index contributed by atoms with van der Waals surface area (Å²) in [5.74, 6) is -1.29. The van der Waals surface area contributed by atoms with Crippen LogP contribution in [-0.2, 0) is 14.8 Å². The number of carbonyl (C=O) groups is 1. The fourth-order valence-corrected chi connectivity index (χ4v) is 2.75. The number of rotatable bonds is 7. The number of anilines is 1. The summed E-state index contributed by atoms with van der Waals surface area (Å²) in [6, 6.07) is 2.17. The maximum absolute atomic E-state index is 13.7. The van der Waals surface area contributed by atoms with E-state index in [0.29, 0.717) is 18.4 Å². The van der Waals surface area contributed by atoms with Gasteiger partial charge in [-0.15, -0.1) is 0 Å². The number of amides is 1. The van der Waals surface area contributed by atoms with Crippen LogP contribution in [0.25, 0.3) is 0 Å². The molecule has 0 fully saturated rings. The number of nitrogen functional groups attached to an aromatic ring is 1. The minimum Gasteiger partial charge on any atom is -0.398 e. The van der Waals surface area contributed by atoms with Crippen LogP contribution in [0, 0.1) is 12.7 Å². The Hall–Kier alpha value is -1.67. The number of carbonyl (C=O) groups excluding carboxylic acids is 1. The van der Waals surface area contributed by atoms with Crippen LogP contribution < -0.4 is 16.2 Å². The molecule has 1 amide bonds. The Morgan fingerprint density at radius 3 is 2.60 bits per heavy atom. The maximum Gasteiger partial charge on any atom is 0.243 e. The van der Waals surface area contributed by atoms with Gasteiger partial charge in [0.15, 0.2) is 0 Å². The van der Waals surface area contributed by atoms with Gasteiger partial charge in [-0.2, -0.15) is 0 Å². The minimum atomic E-state index is -3.95. The third-order valence-corrected chi connectivity index (χ3v) is 4.23. The Morgan fingerprint density at radius 1 is 1.35 bits per heavy atom. The lowest BCUT2D eigenvalue weighted by molar-refractivity contribution is -0.118. The molecule has 0 bridgehead atoms. The number of nitrogens with one attached hydrogen (secondary N) is 1. The molecule has 0 saturated carbocycles. The number of halogens is 1. The van der Waals surface area contributed by atoms with E-state index in [1.54, 1.807) is 6.92 Å². The van der Waals surface area contributed by atoms with Crippen molar-refractivity contribution in [2.75, 3.05) is 12.3 Å². The highest BCUT2D eigenvalue weighted by molar-refractivity contribution is 7.89. The first kappa shape index (κ1) is 16.4. The molecule has 0 saturated heterocycles. The molecule has 0 unspecified atom stereocenters. The molecule has 0 aliphatic heterocycles. The summed E-state index contributed by atoms with van der Waals surface area (Å²) in [5.41, 5.74) is 11.2. The molecular weight excluding hydrogens is 285 g/mol. The van der Waals surface area contributed by atoms with Crippen LogP contribution >= 0.6 is 0 Å². The number of unbranched alkanes of at least 4 members (excludes halogenated alkanes) is 1. The molecule has 112 valence electrons. The van der Waals surface area contributed by atoms with E-state index in [2.05, 4.69) is 4.72 Å². The molecule has 0 aliphatic rings. The van der Waals surface area contributed by atoms with Crippen molar-refractivity contribution in [2.45, 2.75) is 31.1 Å². The Balaban J connectivity index is 2.70. The Bertz CT molecular complexity index is 602. The zero-order valence-corrected chi connectivity index (χ0v) is 12.0. The summed E-state index contributed by atoms with van der Waals surface area (Å²) < 4.78 is 39.8. The molecule has 5 N–H and O–H groups in total. The van der Waals surface area contributed by atoms with Crippen LogP contribution in [0.2, 0.25) is 0 Å². The number of hydrogen-bond donors (Lipinski definition) is 3. The van der Waals surface area contributed by atoms with Gasteiger partial charge in [-0.3, -0.25) is 4.79 Å². The largest absolute Gasteiger partial charge is 0.398 e. The average Bonchev–Trinajstić information content (AvgIpc) is 2.32. The number of sulfonamides is 1. The van der Waals surface area contributed by atoms with Crippen molar-refractivity contribution in [3.8, 4) is 0 Å². The summed E-state index contributed by atoms with van der Waals surface area (Å²) in [4.78, 5) is 10.0. The number of aryl methyl sites for hydroxylation is 1. The van der Waals surface area contributed by atoms with E-state index in [1.807, 2.05) is 0 Å². The van der Waals surface area contributed by atoms with Crippen molar-refractivity contribution < 1.29 is 17.6 Å². The molecule has 0 radical (unpaired) electrons. The predicted octanol–water partition coefficient (Wildman–Crippen LogP) is 0.650. The fraction of sp³-hybridized carbons (Fsp3) is 0.417. The third kappa shape index (κ3) is 4.46. The van der Waals surface area contributed by atoms with Gasteiger partial charge in [-0.1, -0.05) is 0 Å². The summed E-state index contributed by atoms with van der Waals surface area (Å²) in [7, 11) is -3.95. The average molecular weight is 303 g/mol. The molecule has 0 spiro atoms. The van der Waals surface area contributed by atoms with Gasteiger partial charge in [-0.05, 0) is 37.5 Å². The number of benzene rings is 1. The van der Waals surface area contributed by atoms with Crippen molar-refractivity contribution in [1.29, 1.82) is 0 Å². The second-order valence-corrected chi connectivity index (χ2v) is 6.20. The summed E-state index contributed by atoms with van der Waals surface area (Å²) in [6.45, 7) is 1.69. The van der Waals surface area contributed by atoms with Crippen molar-refractivity contribution in [3.05, 3.63) is 23.5 Å². The van der Waals surface area contributed by atoms with Gasteiger partial charge in [0.05, 0.1) is 0 Å². The van der Waals surface area contributed by atoms with Crippen LogP contribution in [0.1, 0.15) is 24.8 Å². The molecule has 1 aromatic rings. The molecule has 0 aliphatic carbocycles. The summed E-state index contributed by atoms with van der Waals surface area (Å²) in [5, 5.41) is 0. The van der Waals surface area contributed by atoms with Crippen molar-refractivity contribution in [1.82, 2.24) is 4.72 Å². The topological polar surface area (TPSA) is 115 Å². The van der Waals surface area contributed by atoms with E-state index < -0.39 is 26.6 Å². The zero-order valence-electron chi connectivity index (χ0n) is 11.1. The van der Waals surface area contributed by atoms with Gasteiger partial charge in [0.2, 0.25) is 15.9 Å². The normalized spacial score (nSPS) is 11.5. The highest BCUT2D eigenvalue weighted by atomic mass is 32.2. The maximum atomic E-state index is 13.7. The SMILES string of the molecule is Cc1cc(F)c(S(=O)(=O)NCCCCC(N)=O)cc1N. The molecule has 0 atom stereocenters. The van der Waals surface area contributed by atoms with Crippen molar-refractivity contribution in [2.24, 2.45) is 5.73 Å². The highest BCUT2D eigenvalue weighted by Crippen LogP contribution is 2.21. The Labute approximate surface area is 117 Å². The molecule has 0 heterocycles. The van der Waals surface area contributed by atoms with Crippen LogP contribution in [-0.4, -0.2) is 20.9 Å². The van der Waals surface area contributed by atoms with Crippen LogP contribution in [0.15, 0.2) is 17.0 Å². The third-order valence-electron chi connectivity index (χ3n) is 2.75. The smallest absolute Gasteiger partial charge is 0.243 e. The molecule has 1 rings (SSSR count). The number of hydrogen-bond acceptors (Lipinski definition) is 4. The molecule has 20 heavy (non-hydrogen) atoms. The number of primary amides is 1. The molecule has 8 heteroatoms. The van der Waals surface area contributed by atoms with Gasteiger partial charge in [-0.25, -0.2) is 17.5 Å². The zero-order chi connectivity index (χ0) is 15.3. The molecular formula is C12H18FN3O3S. The first-order valence-corrected chi connectivity index (χ1v) is 7.56. The first-order chi connectivity index (χ1) is 9.24. The monoisotopic (exact) mass is 303 g/mol. The van der Waals surface area contributed by atoms with Crippen LogP contribution in [0.3, 0.4) is 0 Å². The van der Waals surface area contributed by atoms with Gasteiger partial charge in [0.25, 0.3) is 0 Å². The predicted molar refractivity (Wildman–Crippen MR) is 73.8 cm³/mol. The number of nitrogens with two attached hydrogens (primary N) is 2. The van der Waals surface area contributed by atoms with E-state index in [9.17, 15) is 17.6 Å². The second-order valence-electron chi connectivity index (χ2n) is 4.46. The quantitative estimate of drug-likeness (QED) is 0.506. The lowest BCUT2D eigenvalue weighted by Gasteiger charge is -2.09. The van der Waals surface area contributed by atoms with E-state index in [1.165, 1.54) is 0 Å². The Kier molecular flexibility index (Phi) is 5.46. The highest BCUT2D eigenvalue weighted by Gasteiger charge is 2.19. The standard InChI is InChI=1S/C12H18FN3O3S/c1-8-6-9(13)11(7-10(8)14)20(18,19)16-5-3-2-4-12(15)17/h6-7,16H,2-5,14H2,1H3,(H2,15,17). The summed E-state index contributed by atoms with van der Waals surface area (Å²) in [6.07, 6.45) is 1.09. The second kappa shape index (κ2) is 6.67. The lowest BCUT2D eigenvalue weighted by Crippen LogP contribution is -2.26. The van der Waals surface area contributed by atoms with Crippen molar-refractivity contribution >= 4 is 21.6 Å². The first-order valence-electron chi connectivity index (χ1n) is 6.07. The van der Waals surface area contributed by atoms with Crippen molar-refractivity contribution in [3.63, 3.8) is 0 Å². The van der Waals surface area contributed by atoms with Gasteiger partial charge in [0.1, 0.15) is 10.7 Å². The van der Waals surface area contributed by atoms with Gasteiger partial charge >= 0.3 is 0 Å². The molecule has 6 nitrogen and oxygen atoms in total. The van der Waals surface area contributed by atoms with Crippen LogP contribution in [0.4, 0.5) is 10.1 Å². The summed E-state index contributed by atoms with van der Waals surface area (Å²) >= 11 is 0. The molecule has 0 aromatic heterocycles. The van der Waals surface area contributed by atoms with E-state index >= 15 is 0 Å². The van der Waals surface area contributed by atoms with E-state index in [4.69, 9.17) is 11.5 Å². The van der Waals surface area contributed by atoms with E-state index in [0.717, 1.165) is 12.1 Å². The minimum absolute atomic E-state index is 0.100. The van der Waals surface area contributed by atoms with Gasteiger partial charge < -0.3 is 11.5 Å². The van der Waals surface area contributed by atoms with E-state index in [-0.39, 0.29) is 18.7 Å².